The molecule has 5 heterocycles. The smallest absolute Gasteiger partial charge is 0.132 e. The third-order valence-electron chi connectivity index (χ3n) is 6.80. The highest BCUT2D eigenvalue weighted by Gasteiger charge is 2.21. The number of anilines is 1. The van der Waals surface area contributed by atoms with Crippen molar-refractivity contribution < 1.29 is 4.39 Å². The van der Waals surface area contributed by atoms with Gasteiger partial charge in [-0.1, -0.05) is 11.6 Å². The molecular weight excluding hydrogens is 463 g/mol. The molecule has 1 aromatic carbocycles. The van der Waals surface area contributed by atoms with Gasteiger partial charge < -0.3 is 15.2 Å². The minimum Gasteiger partial charge on any atom is -0.370 e. The molecule has 4 aromatic heterocycles. The fourth-order valence-corrected chi connectivity index (χ4v) is 5.07. The minimum atomic E-state index is -0.364. The van der Waals surface area contributed by atoms with Crippen LogP contribution in [0.2, 0.25) is 5.02 Å². The standard InChI is InChI=1S/C27H24ClFN6/c1-30-17-8-11-35(12-9-17)18-14-24-21(32-15-18)6-7-22(33-24)25-26(19-13-16(28)4-5-20(19)29)34-23-3-2-10-31-27(23)25/h2-7,10,13-15,17,30,34H,8-9,11-12H2,1H3. The number of piperidine rings is 1. The second kappa shape index (κ2) is 8.91. The summed E-state index contributed by atoms with van der Waals surface area (Å²) in [5.41, 5.74) is 6.62. The Kier molecular flexibility index (Phi) is 5.59. The van der Waals surface area contributed by atoms with E-state index in [-0.39, 0.29) is 5.82 Å². The number of fused-ring (bicyclic) bond motifs is 2. The van der Waals surface area contributed by atoms with Gasteiger partial charge in [0.25, 0.3) is 0 Å². The topological polar surface area (TPSA) is 69.7 Å². The third kappa shape index (κ3) is 4.00. The van der Waals surface area contributed by atoms with Gasteiger partial charge in [0.15, 0.2) is 0 Å². The normalized spacial score (nSPS) is 14.8. The highest BCUT2D eigenvalue weighted by Crippen LogP contribution is 2.39. The van der Waals surface area contributed by atoms with Gasteiger partial charge in [0.05, 0.1) is 50.9 Å². The molecule has 0 atom stereocenters. The fourth-order valence-electron chi connectivity index (χ4n) is 4.90. The van der Waals surface area contributed by atoms with Crippen LogP contribution in [0.25, 0.3) is 44.6 Å². The largest absolute Gasteiger partial charge is 0.370 e. The van der Waals surface area contributed by atoms with Gasteiger partial charge in [-0.25, -0.2) is 9.37 Å². The van der Waals surface area contributed by atoms with Gasteiger partial charge in [0.1, 0.15) is 5.82 Å². The van der Waals surface area contributed by atoms with Crippen LogP contribution in [0.1, 0.15) is 12.8 Å². The van der Waals surface area contributed by atoms with E-state index in [0.29, 0.717) is 28.0 Å². The number of hydrogen-bond donors (Lipinski definition) is 2. The summed E-state index contributed by atoms with van der Waals surface area (Å²) in [6, 6.07) is 14.8. The van der Waals surface area contributed by atoms with E-state index >= 15 is 0 Å². The van der Waals surface area contributed by atoms with Crippen molar-refractivity contribution in [2.45, 2.75) is 18.9 Å². The van der Waals surface area contributed by atoms with E-state index in [9.17, 15) is 4.39 Å². The molecular formula is C27H24ClFN6. The van der Waals surface area contributed by atoms with Crippen molar-refractivity contribution in [2.75, 3.05) is 25.0 Å². The molecule has 35 heavy (non-hydrogen) atoms. The lowest BCUT2D eigenvalue weighted by atomic mass is 10.0. The molecule has 176 valence electrons. The zero-order valence-electron chi connectivity index (χ0n) is 19.2. The molecule has 1 aliphatic rings. The zero-order valence-corrected chi connectivity index (χ0v) is 20.0. The van der Waals surface area contributed by atoms with Gasteiger partial charge in [0, 0.05) is 35.9 Å². The van der Waals surface area contributed by atoms with Gasteiger partial charge in [-0.2, -0.15) is 0 Å². The molecule has 1 saturated heterocycles. The Hall–Kier alpha value is -3.55. The number of pyridine rings is 3. The lowest BCUT2D eigenvalue weighted by Crippen LogP contribution is -2.41. The molecule has 6 nitrogen and oxygen atoms in total. The highest BCUT2D eigenvalue weighted by molar-refractivity contribution is 6.30. The maximum Gasteiger partial charge on any atom is 0.132 e. The van der Waals surface area contributed by atoms with E-state index < -0.39 is 0 Å². The average molecular weight is 487 g/mol. The third-order valence-corrected chi connectivity index (χ3v) is 7.03. The molecule has 1 fully saturated rings. The number of aromatic nitrogens is 4. The van der Waals surface area contributed by atoms with E-state index in [1.165, 1.54) is 6.07 Å². The molecule has 0 unspecified atom stereocenters. The van der Waals surface area contributed by atoms with Crippen LogP contribution in [0.5, 0.6) is 0 Å². The number of hydrogen-bond acceptors (Lipinski definition) is 5. The number of nitrogens with zero attached hydrogens (tertiary/aromatic N) is 4. The maximum absolute atomic E-state index is 14.9. The molecule has 2 N–H and O–H groups in total. The lowest BCUT2D eigenvalue weighted by Gasteiger charge is -2.33. The van der Waals surface area contributed by atoms with Crippen LogP contribution in [0, 0.1) is 5.82 Å². The Bertz CT molecular complexity index is 1540. The molecule has 0 spiro atoms. The van der Waals surface area contributed by atoms with Crippen molar-refractivity contribution in [3.8, 4) is 22.5 Å². The highest BCUT2D eigenvalue weighted by atomic mass is 35.5. The SMILES string of the molecule is CNC1CCN(c2cnc3ccc(-c4c(-c5cc(Cl)ccc5F)[nH]c5cccnc45)nc3c2)CC1. The van der Waals surface area contributed by atoms with Crippen molar-refractivity contribution in [1.82, 2.24) is 25.3 Å². The Morgan fingerprint density at radius 3 is 2.74 bits per heavy atom. The Balaban J connectivity index is 1.48. The van der Waals surface area contributed by atoms with Gasteiger partial charge >= 0.3 is 0 Å². The monoisotopic (exact) mass is 486 g/mol. The molecule has 0 aliphatic carbocycles. The number of aromatic amines is 1. The summed E-state index contributed by atoms with van der Waals surface area (Å²) in [6.45, 7) is 1.95. The zero-order chi connectivity index (χ0) is 23.9. The van der Waals surface area contributed by atoms with Gasteiger partial charge in [-0.15, -0.1) is 0 Å². The van der Waals surface area contributed by atoms with E-state index in [0.717, 1.165) is 59.2 Å². The first-order chi connectivity index (χ1) is 17.1. The summed E-state index contributed by atoms with van der Waals surface area (Å²) >= 11 is 6.22. The summed E-state index contributed by atoms with van der Waals surface area (Å²) in [5.74, 6) is -0.364. The van der Waals surface area contributed by atoms with Crippen LogP contribution in [-0.2, 0) is 0 Å². The van der Waals surface area contributed by atoms with Gasteiger partial charge in [-0.3, -0.25) is 9.97 Å². The number of H-pyrrole nitrogens is 1. The summed E-state index contributed by atoms with van der Waals surface area (Å²) in [4.78, 5) is 19.9. The van der Waals surface area contributed by atoms with Crippen molar-refractivity contribution in [3.63, 3.8) is 0 Å². The molecule has 0 radical (unpaired) electrons. The minimum absolute atomic E-state index is 0.364. The maximum atomic E-state index is 14.9. The Morgan fingerprint density at radius 2 is 1.91 bits per heavy atom. The Morgan fingerprint density at radius 1 is 1.06 bits per heavy atom. The molecule has 0 amide bonds. The quantitative estimate of drug-likeness (QED) is 0.335. The number of benzene rings is 1. The molecule has 6 rings (SSSR count). The molecule has 8 heteroatoms. The van der Waals surface area contributed by atoms with Crippen LogP contribution >= 0.6 is 11.6 Å². The molecule has 0 bridgehead atoms. The first-order valence-corrected chi connectivity index (χ1v) is 12.1. The number of nitrogens with one attached hydrogen (secondary N) is 2. The van der Waals surface area contributed by atoms with Gasteiger partial charge in [-0.05, 0) is 68.4 Å². The van der Waals surface area contributed by atoms with Crippen LogP contribution in [0.15, 0.2) is 60.9 Å². The predicted octanol–water partition coefficient (Wildman–Crippen LogP) is 5.82. The molecule has 1 aliphatic heterocycles. The van der Waals surface area contributed by atoms with Crippen molar-refractivity contribution in [1.29, 1.82) is 0 Å². The lowest BCUT2D eigenvalue weighted by molar-refractivity contribution is 0.442. The summed E-state index contributed by atoms with van der Waals surface area (Å²) in [5, 5.41) is 3.83. The van der Waals surface area contributed by atoms with Crippen molar-refractivity contribution in [3.05, 3.63) is 71.8 Å². The first kappa shape index (κ1) is 21.9. The van der Waals surface area contributed by atoms with E-state index in [4.69, 9.17) is 16.6 Å². The average Bonchev–Trinajstić information content (AvgIpc) is 3.29. The summed E-state index contributed by atoms with van der Waals surface area (Å²) in [6.07, 6.45) is 5.84. The second-order valence-corrected chi connectivity index (χ2v) is 9.31. The number of rotatable bonds is 4. The van der Waals surface area contributed by atoms with Crippen molar-refractivity contribution in [2.24, 2.45) is 0 Å². The van der Waals surface area contributed by atoms with Crippen LogP contribution < -0.4 is 10.2 Å². The van der Waals surface area contributed by atoms with E-state index in [1.807, 2.05) is 37.5 Å². The van der Waals surface area contributed by atoms with Crippen LogP contribution in [0.4, 0.5) is 10.1 Å². The summed E-state index contributed by atoms with van der Waals surface area (Å²) in [7, 11) is 2.02. The van der Waals surface area contributed by atoms with Crippen molar-refractivity contribution >= 4 is 39.4 Å². The van der Waals surface area contributed by atoms with Crippen LogP contribution in [-0.4, -0.2) is 46.1 Å². The fraction of sp³-hybridized carbons (Fsp3) is 0.222. The second-order valence-electron chi connectivity index (χ2n) is 8.88. The molecule has 5 aromatic rings. The molecule has 0 saturated carbocycles. The van der Waals surface area contributed by atoms with E-state index in [1.54, 1.807) is 18.3 Å². The predicted molar refractivity (Wildman–Crippen MR) is 139 cm³/mol. The first-order valence-electron chi connectivity index (χ1n) is 11.7. The number of halogens is 2. The van der Waals surface area contributed by atoms with E-state index in [2.05, 4.69) is 31.2 Å². The summed E-state index contributed by atoms with van der Waals surface area (Å²) < 4.78 is 14.9. The Labute approximate surface area is 207 Å². The van der Waals surface area contributed by atoms with Gasteiger partial charge in [0.2, 0.25) is 0 Å². The van der Waals surface area contributed by atoms with Crippen LogP contribution in [0.3, 0.4) is 0 Å².